The number of nitrogens with one attached hydrogen (secondary N) is 3. The summed E-state index contributed by atoms with van der Waals surface area (Å²) in [5.74, 6) is -1.52. The summed E-state index contributed by atoms with van der Waals surface area (Å²) in [7, 11) is 0. The number of carbonyl (C=O) groups excluding carboxylic acids is 4. The summed E-state index contributed by atoms with van der Waals surface area (Å²) >= 11 is 13.4. The zero-order valence-corrected chi connectivity index (χ0v) is 19.4. The van der Waals surface area contributed by atoms with Crippen LogP contribution in [0.5, 0.6) is 0 Å². The Balaban J connectivity index is 1.87. The van der Waals surface area contributed by atoms with Crippen molar-refractivity contribution >= 4 is 58.8 Å². The molecular formula is C20H25Cl2N3O5S. The number of benzene rings is 1. The van der Waals surface area contributed by atoms with Gasteiger partial charge in [-0.3, -0.25) is 14.9 Å². The van der Waals surface area contributed by atoms with Gasteiger partial charge in [0.2, 0.25) is 0 Å². The SMILES string of the molecule is CSCC[C@H](NC(=O)c1ccc(Cl)cc1Cl)C(=O)OCC(=O)NC(=O)NC1CCCC1. The summed E-state index contributed by atoms with van der Waals surface area (Å²) < 4.78 is 5.01. The molecule has 4 amide bonds. The molecule has 170 valence electrons. The van der Waals surface area contributed by atoms with E-state index < -0.39 is 36.5 Å². The largest absolute Gasteiger partial charge is 0.454 e. The van der Waals surface area contributed by atoms with Crippen molar-refractivity contribution in [2.24, 2.45) is 0 Å². The molecule has 1 aromatic carbocycles. The molecule has 0 radical (unpaired) electrons. The minimum absolute atomic E-state index is 0.0566. The number of carbonyl (C=O) groups is 4. The van der Waals surface area contributed by atoms with Crippen LogP contribution in [0.3, 0.4) is 0 Å². The van der Waals surface area contributed by atoms with E-state index in [0.717, 1.165) is 25.7 Å². The molecule has 0 bridgehead atoms. The topological polar surface area (TPSA) is 114 Å². The third-order valence-electron chi connectivity index (χ3n) is 4.67. The maximum atomic E-state index is 12.5. The van der Waals surface area contributed by atoms with E-state index in [0.29, 0.717) is 17.2 Å². The Morgan fingerprint density at radius 1 is 1.19 bits per heavy atom. The van der Waals surface area contributed by atoms with Gasteiger partial charge in [0.1, 0.15) is 6.04 Å². The number of urea groups is 1. The normalized spacial score (nSPS) is 14.5. The summed E-state index contributed by atoms with van der Waals surface area (Å²) in [6.07, 6.45) is 6.00. The first-order valence-electron chi connectivity index (χ1n) is 9.82. The van der Waals surface area contributed by atoms with Crippen LogP contribution >= 0.6 is 35.0 Å². The van der Waals surface area contributed by atoms with Crippen molar-refractivity contribution < 1.29 is 23.9 Å². The van der Waals surface area contributed by atoms with Gasteiger partial charge in [0.15, 0.2) is 6.61 Å². The lowest BCUT2D eigenvalue weighted by molar-refractivity contribution is -0.150. The van der Waals surface area contributed by atoms with Crippen molar-refractivity contribution in [2.75, 3.05) is 18.6 Å². The highest BCUT2D eigenvalue weighted by molar-refractivity contribution is 7.98. The predicted octanol–water partition coefficient (Wildman–Crippen LogP) is 3.16. The van der Waals surface area contributed by atoms with Crippen LogP contribution in [0.4, 0.5) is 4.79 Å². The summed E-state index contributed by atoms with van der Waals surface area (Å²) in [6, 6.07) is 2.85. The predicted molar refractivity (Wildman–Crippen MR) is 121 cm³/mol. The zero-order valence-electron chi connectivity index (χ0n) is 17.0. The minimum Gasteiger partial charge on any atom is -0.454 e. The van der Waals surface area contributed by atoms with E-state index in [2.05, 4.69) is 16.0 Å². The van der Waals surface area contributed by atoms with Gasteiger partial charge in [-0.2, -0.15) is 11.8 Å². The number of imide groups is 1. The Morgan fingerprint density at radius 2 is 1.90 bits per heavy atom. The van der Waals surface area contributed by atoms with Gasteiger partial charge >= 0.3 is 12.0 Å². The molecule has 11 heteroatoms. The van der Waals surface area contributed by atoms with E-state index in [1.54, 1.807) is 0 Å². The first-order valence-corrected chi connectivity index (χ1v) is 12.0. The molecule has 1 saturated carbocycles. The molecular weight excluding hydrogens is 465 g/mol. The van der Waals surface area contributed by atoms with E-state index in [4.69, 9.17) is 27.9 Å². The van der Waals surface area contributed by atoms with Crippen molar-refractivity contribution in [3.8, 4) is 0 Å². The van der Waals surface area contributed by atoms with Gasteiger partial charge in [-0.05, 0) is 49.5 Å². The van der Waals surface area contributed by atoms with E-state index in [-0.39, 0.29) is 16.6 Å². The monoisotopic (exact) mass is 489 g/mol. The second-order valence-corrected chi connectivity index (χ2v) is 8.87. The molecule has 0 aromatic heterocycles. The summed E-state index contributed by atoms with van der Waals surface area (Å²) in [4.78, 5) is 48.7. The first-order chi connectivity index (χ1) is 14.8. The minimum atomic E-state index is -0.980. The molecule has 1 aromatic rings. The standard InChI is InChI=1S/C20H25Cl2N3O5S/c1-31-9-8-16(24-18(27)14-7-6-12(21)10-15(14)22)19(28)30-11-17(26)25-20(29)23-13-4-2-3-5-13/h6-7,10,13,16H,2-5,8-9,11H2,1H3,(H,24,27)(H2,23,25,26,29)/t16-/m0/s1. The van der Waals surface area contributed by atoms with Crippen molar-refractivity contribution in [1.29, 1.82) is 0 Å². The highest BCUT2D eigenvalue weighted by Crippen LogP contribution is 2.21. The number of hydrogen-bond donors (Lipinski definition) is 3. The Morgan fingerprint density at radius 3 is 2.55 bits per heavy atom. The number of esters is 1. The van der Waals surface area contributed by atoms with Gasteiger partial charge in [-0.15, -0.1) is 0 Å². The van der Waals surface area contributed by atoms with E-state index in [1.807, 2.05) is 6.26 Å². The fourth-order valence-corrected chi connectivity index (χ4v) is 4.05. The van der Waals surface area contributed by atoms with Crippen molar-refractivity contribution in [3.63, 3.8) is 0 Å². The lowest BCUT2D eigenvalue weighted by atomic mass is 10.1. The van der Waals surface area contributed by atoms with Crippen LogP contribution in [-0.4, -0.2) is 54.5 Å². The van der Waals surface area contributed by atoms with Crippen LogP contribution in [-0.2, 0) is 14.3 Å². The second kappa shape index (κ2) is 12.8. The maximum absolute atomic E-state index is 12.5. The number of hydrogen-bond acceptors (Lipinski definition) is 6. The van der Waals surface area contributed by atoms with E-state index >= 15 is 0 Å². The van der Waals surface area contributed by atoms with Gasteiger partial charge in [0, 0.05) is 11.1 Å². The fourth-order valence-electron chi connectivity index (χ4n) is 3.09. The molecule has 0 unspecified atom stereocenters. The van der Waals surface area contributed by atoms with Crippen molar-refractivity contribution in [2.45, 2.75) is 44.2 Å². The number of ether oxygens (including phenoxy) is 1. The van der Waals surface area contributed by atoms with Gasteiger partial charge in [0.25, 0.3) is 11.8 Å². The number of thioether (sulfide) groups is 1. The Kier molecular flexibility index (Phi) is 10.4. The zero-order chi connectivity index (χ0) is 22.8. The Bertz CT molecular complexity index is 818. The summed E-state index contributed by atoms with van der Waals surface area (Å²) in [5.41, 5.74) is 0.161. The third-order valence-corrected chi connectivity index (χ3v) is 5.86. The van der Waals surface area contributed by atoms with Gasteiger partial charge in [-0.1, -0.05) is 36.0 Å². The van der Waals surface area contributed by atoms with Crippen LogP contribution < -0.4 is 16.0 Å². The molecule has 0 heterocycles. The molecule has 0 aliphatic heterocycles. The maximum Gasteiger partial charge on any atom is 0.329 e. The number of rotatable bonds is 9. The van der Waals surface area contributed by atoms with Crippen LogP contribution in [0.2, 0.25) is 10.0 Å². The smallest absolute Gasteiger partial charge is 0.329 e. The molecule has 8 nitrogen and oxygen atoms in total. The molecule has 31 heavy (non-hydrogen) atoms. The van der Waals surface area contributed by atoms with Crippen LogP contribution in [0.25, 0.3) is 0 Å². The van der Waals surface area contributed by atoms with Gasteiger partial charge < -0.3 is 15.4 Å². The molecule has 3 N–H and O–H groups in total. The fraction of sp³-hybridized carbons (Fsp3) is 0.500. The number of halogens is 2. The van der Waals surface area contributed by atoms with E-state index in [9.17, 15) is 19.2 Å². The van der Waals surface area contributed by atoms with E-state index in [1.165, 1.54) is 30.0 Å². The molecule has 1 aliphatic rings. The highest BCUT2D eigenvalue weighted by Gasteiger charge is 2.25. The molecule has 2 rings (SSSR count). The number of amides is 4. The van der Waals surface area contributed by atoms with Crippen molar-refractivity contribution in [1.82, 2.24) is 16.0 Å². The van der Waals surface area contributed by atoms with Crippen molar-refractivity contribution in [3.05, 3.63) is 33.8 Å². The lowest BCUT2D eigenvalue weighted by Gasteiger charge is -2.18. The van der Waals surface area contributed by atoms with Gasteiger partial charge in [0.05, 0.1) is 10.6 Å². The highest BCUT2D eigenvalue weighted by atomic mass is 35.5. The van der Waals surface area contributed by atoms with Crippen LogP contribution in [0.1, 0.15) is 42.5 Å². The Labute approximate surface area is 195 Å². The molecule has 1 fully saturated rings. The quantitative estimate of drug-likeness (QED) is 0.459. The molecule has 0 spiro atoms. The Hall–Kier alpha value is -1.97. The molecule has 1 atom stereocenters. The van der Waals surface area contributed by atoms with Crippen LogP contribution in [0.15, 0.2) is 18.2 Å². The summed E-state index contributed by atoms with van der Waals surface area (Å²) in [5, 5.41) is 7.95. The molecule has 0 saturated heterocycles. The average Bonchev–Trinajstić information content (AvgIpc) is 3.21. The molecule has 1 aliphatic carbocycles. The third kappa shape index (κ3) is 8.59. The average molecular weight is 490 g/mol. The second-order valence-electron chi connectivity index (χ2n) is 7.04. The summed E-state index contributed by atoms with van der Waals surface area (Å²) in [6.45, 7) is -0.635. The lowest BCUT2D eigenvalue weighted by Crippen LogP contribution is -2.46. The first kappa shape index (κ1) is 25.3. The van der Waals surface area contributed by atoms with Gasteiger partial charge in [-0.25, -0.2) is 9.59 Å². The van der Waals surface area contributed by atoms with Crippen LogP contribution in [0, 0.1) is 0 Å².